The number of carboxylic acids is 1. The van der Waals surface area contributed by atoms with E-state index in [1.807, 2.05) is 30.3 Å². The van der Waals surface area contributed by atoms with E-state index in [0.717, 1.165) is 5.56 Å². The highest BCUT2D eigenvalue weighted by atomic mass is 16.6. The average Bonchev–Trinajstić information content (AvgIpc) is 2.65. The number of rotatable bonds is 7. The lowest BCUT2D eigenvalue weighted by Gasteiger charge is -2.23. The number of amides is 2. The molecule has 0 spiro atoms. The molecule has 0 saturated heterocycles. The number of alkyl carbamates (subject to hydrolysis) is 1. The van der Waals surface area contributed by atoms with E-state index in [1.165, 1.54) is 12.1 Å². The second kappa shape index (κ2) is 9.73. The number of aromatic carboxylic acids is 1. The van der Waals surface area contributed by atoms with Crippen molar-refractivity contribution in [3.8, 4) is 0 Å². The van der Waals surface area contributed by atoms with E-state index in [1.54, 1.807) is 32.9 Å². The lowest BCUT2D eigenvalue weighted by Crippen LogP contribution is -2.49. The molecule has 154 valence electrons. The predicted molar refractivity (Wildman–Crippen MR) is 109 cm³/mol. The van der Waals surface area contributed by atoms with Crippen LogP contribution in [0.2, 0.25) is 0 Å². The van der Waals surface area contributed by atoms with Crippen LogP contribution in [0.1, 0.15) is 42.3 Å². The van der Waals surface area contributed by atoms with Gasteiger partial charge in [0.05, 0.1) is 5.56 Å². The summed E-state index contributed by atoms with van der Waals surface area (Å²) in [4.78, 5) is 36.0. The van der Waals surface area contributed by atoms with Crippen LogP contribution in [0.25, 0.3) is 0 Å². The van der Waals surface area contributed by atoms with Gasteiger partial charge in [-0.3, -0.25) is 4.79 Å². The summed E-state index contributed by atoms with van der Waals surface area (Å²) < 4.78 is 5.27. The Morgan fingerprint density at radius 2 is 1.66 bits per heavy atom. The van der Waals surface area contributed by atoms with Crippen LogP contribution >= 0.6 is 0 Å². The Labute approximate surface area is 170 Å². The second-order valence-electron chi connectivity index (χ2n) is 7.61. The zero-order valence-electron chi connectivity index (χ0n) is 16.8. The van der Waals surface area contributed by atoms with E-state index in [9.17, 15) is 14.4 Å². The second-order valence-corrected chi connectivity index (χ2v) is 7.61. The van der Waals surface area contributed by atoms with Crippen molar-refractivity contribution in [2.45, 2.75) is 45.4 Å². The number of nitrogens with one attached hydrogen (secondary N) is 2. The van der Waals surface area contributed by atoms with Gasteiger partial charge in [0, 0.05) is 13.0 Å². The molecule has 7 heteroatoms. The Hall–Kier alpha value is -3.35. The van der Waals surface area contributed by atoms with Crippen molar-refractivity contribution in [3.63, 3.8) is 0 Å². The van der Waals surface area contributed by atoms with Crippen molar-refractivity contribution in [3.05, 3.63) is 71.3 Å². The Balaban J connectivity index is 2.07. The zero-order valence-corrected chi connectivity index (χ0v) is 16.8. The quantitative estimate of drug-likeness (QED) is 0.665. The molecule has 0 saturated carbocycles. The van der Waals surface area contributed by atoms with Gasteiger partial charge < -0.3 is 20.5 Å². The summed E-state index contributed by atoms with van der Waals surface area (Å²) in [5, 5.41) is 14.5. The minimum Gasteiger partial charge on any atom is -0.478 e. The molecule has 0 aliphatic rings. The van der Waals surface area contributed by atoms with E-state index >= 15 is 0 Å². The molecule has 1 unspecified atom stereocenters. The summed E-state index contributed by atoms with van der Waals surface area (Å²) in [6.45, 7) is 5.37. The lowest BCUT2D eigenvalue weighted by molar-refractivity contribution is -0.123. The molecule has 0 aromatic heterocycles. The van der Waals surface area contributed by atoms with Crippen LogP contribution < -0.4 is 10.6 Å². The first kappa shape index (κ1) is 21.9. The molecule has 0 aliphatic heterocycles. The molecule has 1 atom stereocenters. The van der Waals surface area contributed by atoms with Gasteiger partial charge in [0.1, 0.15) is 11.6 Å². The zero-order chi connectivity index (χ0) is 21.4. The maximum Gasteiger partial charge on any atom is 0.408 e. The first-order chi connectivity index (χ1) is 13.6. The molecule has 3 N–H and O–H groups in total. The third-order valence-electron chi connectivity index (χ3n) is 3.93. The number of hydrogen-bond acceptors (Lipinski definition) is 4. The van der Waals surface area contributed by atoms with Crippen LogP contribution in [0.15, 0.2) is 54.6 Å². The Kier molecular flexibility index (Phi) is 7.36. The molecular weight excluding hydrogens is 372 g/mol. The number of hydrogen-bond donors (Lipinski definition) is 3. The summed E-state index contributed by atoms with van der Waals surface area (Å²) in [7, 11) is 0. The van der Waals surface area contributed by atoms with Gasteiger partial charge in [0.15, 0.2) is 0 Å². The highest BCUT2D eigenvalue weighted by Crippen LogP contribution is 2.10. The van der Waals surface area contributed by atoms with Crippen LogP contribution in [-0.4, -0.2) is 34.7 Å². The normalized spacial score (nSPS) is 12.0. The maximum absolute atomic E-state index is 12.7. The van der Waals surface area contributed by atoms with E-state index in [0.29, 0.717) is 12.0 Å². The van der Waals surface area contributed by atoms with Crippen LogP contribution in [0.4, 0.5) is 4.79 Å². The molecule has 2 amide bonds. The molecular formula is C22H26N2O5. The lowest BCUT2D eigenvalue weighted by atomic mass is 10.1. The standard InChI is InChI=1S/C22H26N2O5/c1-22(2,3)29-21(28)24-18(13-15-8-5-4-6-9-15)19(25)23-14-16-10-7-11-17(12-16)20(26)27/h4-12,18H,13-14H2,1-3H3,(H,23,25)(H,24,28)(H,26,27). The van der Waals surface area contributed by atoms with Gasteiger partial charge in [-0.1, -0.05) is 42.5 Å². The van der Waals surface area contributed by atoms with Crippen molar-refractivity contribution < 1.29 is 24.2 Å². The van der Waals surface area contributed by atoms with Crippen molar-refractivity contribution in [1.29, 1.82) is 0 Å². The predicted octanol–water partition coefficient (Wildman–Crippen LogP) is 3.14. The maximum atomic E-state index is 12.7. The van der Waals surface area contributed by atoms with E-state index in [4.69, 9.17) is 9.84 Å². The topological polar surface area (TPSA) is 105 Å². The van der Waals surface area contributed by atoms with Crippen LogP contribution in [-0.2, 0) is 22.5 Å². The minimum absolute atomic E-state index is 0.140. The molecule has 7 nitrogen and oxygen atoms in total. The molecule has 0 bridgehead atoms. The third kappa shape index (κ3) is 7.65. The largest absolute Gasteiger partial charge is 0.478 e. The van der Waals surface area contributed by atoms with Gasteiger partial charge in [-0.15, -0.1) is 0 Å². The summed E-state index contributed by atoms with van der Waals surface area (Å²) in [5.74, 6) is -1.42. The fourth-order valence-corrected chi connectivity index (χ4v) is 2.64. The average molecular weight is 398 g/mol. The van der Waals surface area contributed by atoms with Crippen molar-refractivity contribution in [2.75, 3.05) is 0 Å². The minimum atomic E-state index is -1.04. The van der Waals surface area contributed by atoms with Gasteiger partial charge in [-0.2, -0.15) is 0 Å². The summed E-state index contributed by atoms with van der Waals surface area (Å²) >= 11 is 0. The SMILES string of the molecule is CC(C)(C)OC(=O)NC(Cc1ccccc1)C(=O)NCc1cccc(C(=O)O)c1. The smallest absolute Gasteiger partial charge is 0.408 e. The Morgan fingerprint density at radius 3 is 2.28 bits per heavy atom. The highest BCUT2D eigenvalue weighted by molar-refractivity contribution is 5.88. The van der Waals surface area contributed by atoms with Gasteiger partial charge in [0.25, 0.3) is 0 Å². The number of carbonyl (C=O) groups is 3. The number of ether oxygens (including phenoxy) is 1. The number of carbonyl (C=O) groups excluding carboxylic acids is 2. The first-order valence-electron chi connectivity index (χ1n) is 9.27. The molecule has 2 aromatic carbocycles. The highest BCUT2D eigenvalue weighted by Gasteiger charge is 2.24. The summed E-state index contributed by atoms with van der Waals surface area (Å²) in [6.07, 6.45) is -0.386. The third-order valence-corrected chi connectivity index (χ3v) is 3.93. The first-order valence-corrected chi connectivity index (χ1v) is 9.27. The number of carboxylic acid groups (broad SMARTS) is 1. The molecule has 0 heterocycles. The molecule has 0 fully saturated rings. The van der Waals surface area contributed by atoms with Crippen molar-refractivity contribution in [2.24, 2.45) is 0 Å². The molecule has 2 rings (SSSR count). The molecule has 2 aromatic rings. The van der Waals surface area contributed by atoms with E-state index < -0.39 is 23.7 Å². The van der Waals surface area contributed by atoms with Crippen molar-refractivity contribution >= 4 is 18.0 Å². The van der Waals surface area contributed by atoms with Crippen LogP contribution in [0.5, 0.6) is 0 Å². The van der Waals surface area contributed by atoms with Gasteiger partial charge >= 0.3 is 12.1 Å². The summed E-state index contributed by atoms with van der Waals surface area (Å²) in [5.41, 5.74) is 0.991. The van der Waals surface area contributed by atoms with Crippen molar-refractivity contribution in [1.82, 2.24) is 10.6 Å². The van der Waals surface area contributed by atoms with E-state index in [-0.39, 0.29) is 18.0 Å². The summed E-state index contributed by atoms with van der Waals surface area (Å²) in [6, 6.07) is 14.8. The van der Waals surface area contributed by atoms with Crippen LogP contribution in [0, 0.1) is 0 Å². The van der Waals surface area contributed by atoms with Crippen LogP contribution in [0.3, 0.4) is 0 Å². The van der Waals surface area contributed by atoms with E-state index in [2.05, 4.69) is 10.6 Å². The number of benzene rings is 2. The Bertz CT molecular complexity index is 859. The fourth-order valence-electron chi connectivity index (χ4n) is 2.64. The monoisotopic (exact) mass is 398 g/mol. The van der Waals surface area contributed by atoms with Gasteiger partial charge in [0.2, 0.25) is 5.91 Å². The van der Waals surface area contributed by atoms with Gasteiger partial charge in [-0.05, 0) is 44.0 Å². The van der Waals surface area contributed by atoms with Gasteiger partial charge in [-0.25, -0.2) is 9.59 Å². The molecule has 0 radical (unpaired) electrons. The Morgan fingerprint density at radius 1 is 1.00 bits per heavy atom. The molecule has 29 heavy (non-hydrogen) atoms. The fraction of sp³-hybridized carbons (Fsp3) is 0.318. The molecule has 0 aliphatic carbocycles.